The molecule has 1 unspecified atom stereocenters. The van der Waals surface area contributed by atoms with Crippen LogP contribution in [0.1, 0.15) is 124 Å². The van der Waals surface area contributed by atoms with Gasteiger partial charge in [-0.25, -0.2) is 4.79 Å². The zero-order chi connectivity index (χ0) is 30.9. The monoisotopic (exact) mass is 592 g/mol. The van der Waals surface area contributed by atoms with Gasteiger partial charge in [0.15, 0.2) is 11.5 Å². The number of phenols is 1. The Balaban J connectivity index is 1.17. The van der Waals surface area contributed by atoms with Gasteiger partial charge in [0.2, 0.25) is 0 Å². The van der Waals surface area contributed by atoms with Crippen molar-refractivity contribution in [3.8, 4) is 11.5 Å². The molecule has 0 aliphatic heterocycles. The van der Waals surface area contributed by atoms with E-state index >= 15 is 0 Å². The highest BCUT2D eigenvalue weighted by molar-refractivity contribution is 5.87. The van der Waals surface area contributed by atoms with E-state index in [4.69, 9.17) is 9.47 Å². The van der Waals surface area contributed by atoms with Crippen molar-refractivity contribution in [1.82, 2.24) is 0 Å². The van der Waals surface area contributed by atoms with E-state index in [9.17, 15) is 9.90 Å². The number of ether oxygens (including phenoxy) is 2. The maximum atomic E-state index is 12.8. The molecule has 1 aromatic carbocycles. The second-order valence-corrected chi connectivity index (χ2v) is 16.0. The molecule has 1 aromatic rings. The van der Waals surface area contributed by atoms with Gasteiger partial charge in [-0.05, 0) is 146 Å². The first kappa shape index (κ1) is 32.4. The number of fused-ring (bicyclic) bond motifs is 5. The van der Waals surface area contributed by atoms with Gasteiger partial charge in [0.25, 0.3) is 0 Å². The van der Waals surface area contributed by atoms with Gasteiger partial charge in [0.05, 0.1) is 7.11 Å². The van der Waals surface area contributed by atoms with E-state index < -0.39 is 0 Å². The molecule has 43 heavy (non-hydrogen) atoms. The molecule has 5 rings (SSSR count). The molecule has 4 heteroatoms. The van der Waals surface area contributed by atoms with Crippen molar-refractivity contribution in [2.24, 2.45) is 58.2 Å². The van der Waals surface area contributed by atoms with Crippen molar-refractivity contribution in [1.29, 1.82) is 0 Å². The fourth-order valence-electron chi connectivity index (χ4n) is 11.2. The number of phenolic OH excluding ortho intramolecular Hbond substituents is 1. The van der Waals surface area contributed by atoms with E-state index in [1.807, 2.05) is 0 Å². The van der Waals surface area contributed by atoms with Crippen molar-refractivity contribution in [2.75, 3.05) is 7.11 Å². The average molecular weight is 593 g/mol. The van der Waals surface area contributed by atoms with Crippen LogP contribution >= 0.6 is 0 Å². The van der Waals surface area contributed by atoms with Gasteiger partial charge in [0, 0.05) is 6.08 Å². The van der Waals surface area contributed by atoms with E-state index in [0.29, 0.717) is 22.5 Å². The molecular formula is C39H60O4. The summed E-state index contributed by atoms with van der Waals surface area (Å²) in [5, 5.41) is 9.83. The Labute approximate surface area is 262 Å². The second kappa shape index (κ2) is 13.2. The molecule has 240 valence electrons. The van der Waals surface area contributed by atoms with Crippen LogP contribution < -0.4 is 4.74 Å². The molecule has 0 aromatic heterocycles. The quantitative estimate of drug-likeness (QED) is 0.217. The summed E-state index contributed by atoms with van der Waals surface area (Å²) in [5.41, 5.74) is 1.72. The van der Waals surface area contributed by atoms with Crippen molar-refractivity contribution < 1.29 is 19.4 Å². The number of carbonyl (C=O) groups excluding carboxylic acids is 1. The summed E-state index contributed by atoms with van der Waals surface area (Å²) in [6, 6.07) is 5.07. The van der Waals surface area contributed by atoms with E-state index in [0.717, 1.165) is 59.8 Å². The minimum Gasteiger partial charge on any atom is -0.504 e. The third kappa shape index (κ3) is 6.41. The van der Waals surface area contributed by atoms with Crippen LogP contribution in [0.3, 0.4) is 0 Å². The van der Waals surface area contributed by atoms with E-state index in [-0.39, 0.29) is 17.8 Å². The van der Waals surface area contributed by atoms with E-state index in [1.165, 1.54) is 77.4 Å². The smallest absolute Gasteiger partial charge is 0.331 e. The number of carbonyl (C=O) groups is 1. The van der Waals surface area contributed by atoms with Crippen LogP contribution in [-0.4, -0.2) is 24.3 Å². The SMILES string of the molecule is CC[C@H](CC[C@@H](C)[C@H]1CCC2[C@@H]3CC[C@H]4C[C@@H](OC(=O)/C=C/c5ccc(O)c(OC)c5)CC[C@]4(C)[C@H]3CC[C@@]21C)C(C)C. The first-order valence-corrected chi connectivity index (χ1v) is 17.8. The first-order chi connectivity index (χ1) is 20.5. The van der Waals surface area contributed by atoms with Crippen LogP contribution in [-0.2, 0) is 9.53 Å². The molecule has 0 spiro atoms. The first-order valence-electron chi connectivity index (χ1n) is 17.8. The fraction of sp³-hybridized carbons (Fsp3) is 0.769. The Kier molecular flexibility index (Phi) is 9.94. The Morgan fingerprint density at radius 3 is 2.47 bits per heavy atom. The van der Waals surface area contributed by atoms with E-state index in [1.54, 1.807) is 24.3 Å². The Hall–Kier alpha value is -1.97. The van der Waals surface area contributed by atoms with Gasteiger partial charge in [0.1, 0.15) is 6.10 Å². The normalized spacial score (nSPS) is 36.9. The number of benzene rings is 1. The van der Waals surface area contributed by atoms with Gasteiger partial charge >= 0.3 is 5.97 Å². The van der Waals surface area contributed by atoms with Crippen LogP contribution in [0, 0.1) is 58.2 Å². The molecule has 4 aliphatic carbocycles. The maximum Gasteiger partial charge on any atom is 0.331 e. The molecule has 10 atom stereocenters. The predicted octanol–water partition coefficient (Wildman–Crippen LogP) is 10.1. The highest BCUT2D eigenvalue weighted by Gasteiger charge is 2.60. The third-order valence-electron chi connectivity index (χ3n) is 13.7. The van der Waals surface area contributed by atoms with E-state index in [2.05, 4.69) is 41.5 Å². The van der Waals surface area contributed by atoms with Crippen molar-refractivity contribution in [2.45, 2.75) is 125 Å². The fourth-order valence-corrected chi connectivity index (χ4v) is 11.2. The lowest BCUT2D eigenvalue weighted by Gasteiger charge is -2.61. The standard InChI is InChI=1S/C39H60O4/c1-8-28(25(2)3)12-9-26(4)32-15-16-33-31-14-13-29-24-30(19-21-38(29,5)34(31)20-22-39(32,33)6)43-37(41)18-11-27-10-17-35(40)36(23-27)42-7/h10-11,17-18,23,25-26,28-34,40H,8-9,12-16,19-22,24H2,1-7H3/b18-11+/t26-,28-,29+,30+,31+,32-,33?,34+,38+,39-/m1/s1. The summed E-state index contributed by atoms with van der Waals surface area (Å²) in [6.45, 7) is 15.1. The highest BCUT2D eigenvalue weighted by atomic mass is 16.5. The van der Waals surface area contributed by atoms with Gasteiger partial charge < -0.3 is 14.6 Å². The van der Waals surface area contributed by atoms with Crippen LogP contribution in [0.15, 0.2) is 24.3 Å². The molecule has 0 bridgehead atoms. The molecular weight excluding hydrogens is 532 g/mol. The topological polar surface area (TPSA) is 55.8 Å². The van der Waals surface area contributed by atoms with Crippen LogP contribution in [0.2, 0.25) is 0 Å². The largest absolute Gasteiger partial charge is 0.504 e. The second-order valence-electron chi connectivity index (χ2n) is 16.0. The zero-order valence-electron chi connectivity index (χ0n) is 28.2. The van der Waals surface area contributed by atoms with Crippen molar-refractivity contribution in [3.05, 3.63) is 29.8 Å². The molecule has 4 nitrogen and oxygen atoms in total. The number of esters is 1. The van der Waals surface area contributed by atoms with Gasteiger partial charge in [-0.2, -0.15) is 0 Å². The van der Waals surface area contributed by atoms with Crippen LogP contribution in [0.5, 0.6) is 11.5 Å². The lowest BCUT2D eigenvalue weighted by Crippen LogP contribution is -2.54. The predicted molar refractivity (Wildman–Crippen MR) is 176 cm³/mol. The van der Waals surface area contributed by atoms with Crippen molar-refractivity contribution in [3.63, 3.8) is 0 Å². The molecule has 0 heterocycles. The Bertz CT molecular complexity index is 1140. The number of rotatable bonds is 10. The summed E-state index contributed by atoms with van der Waals surface area (Å²) in [6.07, 6.45) is 19.0. The molecule has 4 fully saturated rings. The highest BCUT2D eigenvalue weighted by Crippen LogP contribution is 2.68. The summed E-state index contributed by atoms with van der Waals surface area (Å²) < 4.78 is 11.2. The number of aromatic hydroxyl groups is 1. The summed E-state index contributed by atoms with van der Waals surface area (Å²) >= 11 is 0. The Morgan fingerprint density at radius 1 is 1.00 bits per heavy atom. The zero-order valence-corrected chi connectivity index (χ0v) is 28.2. The van der Waals surface area contributed by atoms with Crippen molar-refractivity contribution >= 4 is 12.0 Å². The lowest BCUT2D eigenvalue weighted by molar-refractivity contribution is -0.157. The molecule has 4 saturated carbocycles. The molecule has 1 N–H and O–H groups in total. The van der Waals surface area contributed by atoms with Gasteiger partial charge in [-0.3, -0.25) is 0 Å². The lowest BCUT2D eigenvalue weighted by atomic mass is 9.44. The number of hydrogen-bond donors (Lipinski definition) is 1. The molecule has 0 radical (unpaired) electrons. The van der Waals surface area contributed by atoms with Crippen LogP contribution in [0.4, 0.5) is 0 Å². The van der Waals surface area contributed by atoms with Gasteiger partial charge in [-0.1, -0.05) is 60.5 Å². The van der Waals surface area contributed by atoms with Crippen LogP contribution in [0.25, 0.3) is 6.08 Å². The Morgan fingerprint density at radius 2 is 1.74 bits per heavy atom. The molecule has 0 saturated heterocycles. The summed E-state index contributed by atoms with van der Waals surface area (Å²) in [7, 11) is 1.52. The minimum absolute atomic E-state index is 0.0180. The molecule has 0 amide bonds. The number of methoxy groups -OCH3 is 1. The maximum absolute atomic E-state index is 12.8. The third-order valence-corrected chi connectivity index (χ3v) is 13.7. The summed E-state index contributed by atoms with van der Waals surface area (Å²) in [5.74, 6) is 6.95. The molecule has 4 aliphatic rings. The minimum atomic E-state index is -0.271. The van der Waals surface area contributed by atoms with Gasteiger partial charge in [-0.15, -0.1) is 0 Å². The number of hydrogen-bond acceptors (Lipinski definition) is 4. The average Bonchev–Trinajstić information content (AvgIpc) is 3.34. The summed E-state index contributed by atoms with van der Waals surface area (Å²) in [4.78, 5) is 12.8.